The third-order valence-electron chi connectivity index (χ3n) is 6.64. The summed E-state index contributed by atoms with van der Waals surface area (Å²) in [4.78, 5) is 39.3. The number of benzene rings is 4. The maximum absolute atomic E-state index is 13.8. The number of ether oxygens (including phenoxy) is 1. The SMILES string of the molecule is COC(=O)[C@@H](Cc1ccc(C(=O)c2ccccc2)cc1)NC(=O)C(C)(c1ccccc1)c1ccccc1. The number of nitrogens with one attached hydrogen (secondary N) is 1. The van der Waals surface area contributed by atoms with Gasteiger partial charge in [-0.3, -0.25) is 9.59 Å². The van der Waals surface area contributed by atoms with Gasteiger partial charge in [-0.15, -0.1) is 0 Å². The lowest BCUT2D eigenvalue weighted by molar-refractivity contribution is -0.145. The fourth-order valence-corrected chi connectivity index (χ4v) is 4.39. The van der Waals surface area contributed by atoms with Crippen LogP contribution in [0.2, 0.25) is 0 Å². The Morgan fingerprint density at radius 1 is 0.703 bits per heavy atom. The Morgan fingerprint density at radius 2 is 1.16 bits per heavy atom. The third kappa shape index (κ3) is 5.67. The molecule has 5 heteroatoms. The largest absolute Gasteiger partial charge is 0.467 e. The lowest BCUT2D eigenvalue weighted by Gasteiger charge is -2.31. The molecular weight excluding hydrogens is 462 g/mol. The molecule has 4 aromatic rings. The third-order valence-corrected chi connectivity index (χ3v) is 6.64. The molecule has 1 atom stereocenters. The zero-order chi connectivity index (χ0) is 26.3. The molecule has 4 aromatic carbocycles. The van der Waals surface area contributed by atoms with Crippen molar-refractivity contribution < 1.29 is 19.1 Å². The van der Waals surface area contributed by atoms with Gasteiger partial charge in [0.15, 0.2) is 5.78 Å². The number of ketones is 1. The molecule has 0 unspecified atom stereocenters. The fourth-order valence-electron chi connectivity index (χ4n) is 4.39. The summed E-state index contributed by atoms with van der Waals surface area (Å²) in [5.41, 5.74) is 2.55. The maximum Gasteiger partial charge on any atom is 0.328 e. The second kappa shape index (κ2) is 11.5. The molecule has 0 spiro atoms. The van der Waals surface area contributed by atoms with Crippen LogP contribution in [0, 0.1) is 0 Å². The zero-order valence-electron chi connectivity index (χ0n) is 20.9. The van der Waals surface area contributed by atoms with E-state index in [1.54, 1.807) is 36.4 Å². The van der Waals surface area contributed by atoms with Crippen molar-refractivity contribution in [2.24, 2.45) is 0 Å². The number of methoxy groups -OCH3 is 1. The number of carbonyl (C=O) groups is 3. The molecule has 186 valence electrons. The first-order chi connectivity index (χ1) is 17.9. The van der Waals surface area contributed by atoms with Gasteiger partial charge in [0.25, 0.3) is 0 Å². The van der Waals surface area contributed by atoms with E-state index in [2.05, 4.69) is 5.32 Å². The average Bonchev–Trinajstić information content (AvgIpc) is 2.97. The van der Waals surface area contributed by atoms with Crippen molar-refractivity contribution in [1.29, 1.82) is 0 Å². The Balaban J connectivity index is 1.58. The molecule has 0 saturated heterocycles. The number of hydrogen-bond acceptors (Lipinski definition) is 4. The molecule has 1 amide bonds. The Bertz CT molecular complexity index is 1310. The Kier molecular flexibility index (Phi) is 7.94. The lowest BCUT2D eigenvalue weighted by Crippen LogP contribution is -2.51. The molecule has 0 radical (unpaired) electrons. The highest BCUT2D eigenvalue weighted by molar-refractivity contribution is 6.09. The second-order valence-electron chi connectivity index (χ2n) is 9.00. The van der Waals surface area contributed by atoms with E-state index in [4.69, 9.17) is 4.74 Å². The Morgan fingerprint density at radius 3 is 1.65 bits per heavy atom. The molecule has 0 saturated carbocycles. The number of esters is 1. The molecule has 1 N–H and O–H groups in total. The van der Waals surface area contributed by atoms with Crippen LogP contribution in [-0.2, 0) is 26.2 Å². The molecule has 5 nitrogen and oxygen atoms in total. The standard InChI is InChI=1S/C32H29NO4/c1-32(26-14-8-4-9-15-26,27-16-10-5-11-17-27)31(36)33-28(30(35)37-2)22-23-18-20-25(21-19-23)29(34)24-12-6-3-7-13-24/h3-21,28H,22H2,1-2H3,(H,33,36)/t28-/m1/s1. The van der Waals surface area contributed by atoms with E-state index in [9.17, 15) is 14.4 Å². The van der Waals surface area contributed by atoms with Crippen LogP contribution in [0.4, 0.5) is 0 Å². The summed E-state index contributed by atoms with van der Waals surface area (Å²) in [5, 5.41) is 2.94. The van der Waals surface area contributed by atoms with Crippen LogP contribution in [0.5, 0.6) is 0 Å². The van der Waals surface area contributed by atoms with E-state index in [1.165, 1.54) is 7.11 Å². The molecule has 4 rings (SSSR count). The van der Waals surface area contributed by atoms with E-state index >= 15 is 0 Å². The van der Waals surface area contributed by atoms with Crippen LogP contribution in [0.1, 0.15) is 39.5 Å². The van der Waals surface area contributed by atoms with Gasteiger partial charge in [-0.2, -0.15) is 0 Å². The number of rotatable bonds is 9. The van der Waals surface area contributed by atoms with Crippen molar-refractivity contribution in [3.05, 3.63) is 143 Å². The molecule has 37 heavy (non-hydrogen) atoms. The van der Waals surface area contributed by atoms with E-state index in [1.807, 2.05) is 85.8 Å². The second-order valence-corrected chi connectivity index (χ2v) is 9.00. The highest BCUT2D eigenvalue weighted by Crippen LogP contribution is 2.32. The maximum atomic E-state index is 13.8. The van der Waals surface area contributed by atoms with Gasteiger partial charge < -0.3 is 10.1 Å². The van der Waals surface area contributed by atoms with Crippen molar-refractivity contribution in [2.75, 3.05) is 7.11 Å². The van der Waals surface area contributed by atoms with Crippen molar-refractivity contribution in [2.45, 2.75) is 24.8 Å². The molecule has 0 bridgehead atoms. The summed E-state index contributed by atoms with van der Waals surface area (Å²) < 4.78 is 5.02. The van der Waals surface area contributed by atoms with Gasteiger partial charge >= 0.3 is 5.97 Å². The smallest absolute Gasteiger partial charge is 0.328 e. The predicted molar refractivity (Wildman–Crippen MR) is 143 cm³/mol. The summed E-state index contributed by atoms with van der Waals surface area (Å²) in [6.45, 7) is 1.85. The summed E-state index contributed by atoms with van der Waals surface area (Å²) >= 11 is 0. The number of carbonyl (C=O) groups excluding carboxylic acids is 3. The number of hydrogen-bond donors (Lipinski definition) is 1. The van der Waals surface area contributed by atoms with Crippen LogP contribution < -0.4 is 5.32 Å². The van der Waals surface area contributed by atoms with Crippen molar-refractivity contribution >= 4 is 17.7 Å². The number of amides is 1. The molecule has 0 aliphatic carbocycles. The minimum absolute atomic E-state index is 0.0774. The molecule has 0 heterocycles. The summed E-state index contributed by atoms with van der Waals surface area (Å²) in [6.07, 6.45) is 0.220. The molecular formula is C32H29NO4. The van der Waals surface area contributed by atoms with E-state index in [0.717, 1.165) is 16.7 Å². The van der Waals surface area contributed by atoms with Gasteiger partial charge in [-0.25, -0.2) is 4.79 Å². The average molecular weight is 492 g/mol. The minimum atomic E-state index is -1.03. The van der Waals surface area contributed by atoms with Crippen LogP contribution in [0.25, 0.3) is 0 Å². The van der Waals surface area contributed by atoms with Gasteiger partial charge in [0.05, 0.1) is 12.5 Å². The topological polar surface area (TPSA) is 72.5 Å². The highest BCUT2D eigenvalue weighted by atomic mass is 16.5. The van der Waals surface area contributed by atoms with Gasteiger partial charge in [-0.05, 0) is 23.6 Å². The molecule has 0 aliphatic rings. The molecule has 0 fully saturated rings. The first kappa shape index (κ1) is 25.6. The molecule has 0 aromatic heterocycles. The van der Waals surface area contributed by atoms with Crippen molar-refractivity contribution in [3.8, 4) is 0 Å². The van der Waals surface area contributed by atoms with E-state index in [0.29, 0.717) is 11.1 Å². The van der Waals surface area contributed by atoms with Crippen LogP contribution in [0.15, 0.2) is 115 Å². The van der Waals surface area contributed by atoms with Gasteiger partial charge in [0.1, 0.15) is 6.04 Å². The van der Waals surface area contributed by atoms with Crippen molar-refractivity contribution in [3.63, 3.8) is 0 Å². The summed E-state index contributed by atoms with van der Waals surface area (Å²) in [5.74, 6) is -0.927. The van der Waals surface area contributed by atoms with Gasteiger partial charge in [0, 0.05) is 17.5 Å². The van der Waals surface area contributed by atoms with Crippen molar-refractivity contribution in [1.82, 2.24) is 5.32 Å². The monoisotopic (exact) mass is 491 g/mol. The van der Waals surface area contributed by atoms with Gasteiger partial charge in [0.2, 0.25) is 5.91 Å². The first-order valence-corrected chi connectivity index (χ1v) is 12.1. The summed E-state index contributed by atoms with van der Waals surface area (Å²) in [7, 11) is 1.30. The van der Waals surface area contributed by atoms with Gasteiger partial charge in [-0.1, -0.05) is 115 Å². The highest BCUT2D eigenvalue weighted by Gasteiger charge is 2.39. The van der Waals surface area contributed by atoms with E-state index in [-0.39, 0.29) is 18.1 Å². The van der Waals surface area contributed by atoms with Crippen LogP contribution in [0.3, 0.4) is 0 Å². The van der Waals surface area contributed by atoms with Crippen LogP contribution >= 0.6 is 0 Å². The zero-order valence-corrected chi connectivity index (χ0v) is 20.9. The predicted octanol–water partition coefficient (Wildman–Crippen LogP) is 5.12. The minimum Gasteiger partial charge on any atom is -0.467 e. The normalized spacial score (nSPS) is 11.8. The Labute approximate surface area is 217 Å². The Hall–Kier alpha value is -4.51. The fraction of sp³-hybridized carbons (Fsp3) is 0.156. The van der Waals surface area contributed by atoms with E-state index < -0.39 is 17.4 Å². The van der Waals surface area contributed by atoms with Crippen LogP contribution in [-0.4, -0.2) is 30.8 Å². The summed E-state index contributed by atoms with van der Waals surface area (Å²) in [6, 6.07) is 34.2. The lowest BCUT2D eigenvalue weighted by atomic mass is 9.75. The molecule has 0 aliphatic heterocycles. The quantitative estimate of drug-likeness (QED) is 0.260. The first-order valence-electron chi connectivity index (χ1n) is 12.1.